The number of carbonyl (C=O) groups excluding carboxylic acids is 2. The molecule has 0 saturated heterocycles. The Morgan fingerprint density at radius 2 is 2.00 bits per heavy atom. The third kappa shape index (κ3) is 2.88. The molecule has 1 unspecified atom stereocenters. The fourth-order valence-electron chi connectivity index (χ4n) is 2.47. The highest BCUT2D eigenvalue weighted by Gasteiger charge is 2.51. The van der Waals surface area contributed by atoms with Gasteiger partial charge >= 0.3 is 5.97 Å². The first-order valence-electron chi connectivity index (χ1n) is 6.96. The van der Waals surface area contributed by atoms with Gasteiger partial charge in [-0.1, -0.05) is 0 Å². The summed E-state index contributed by atoms with van der Waals surface area (Å²) >= 11 is 0. The van der Waals surface area contributed by atoms with Crippen LogP contribution in [0.2, 0.25) is 0 Å². The molecule has 7 nitrogen and oxygen atoms in total. The quantitative estimate of drug-likeness (QED) is 0.774. The van der Waals surface area contributed by atoms with E-state index in [2.05, 4.69) is 9.84 Å². The maximum atomic E-state index is 12.9. The zero-order valence-electron chi connectivity index (χ0n) is 13.2. The molecule has 1 aliphatic rings. The monoisotopic (exact) mass is 315 g/mol. The van der Waals surface area contributed by atoms with Crippen LogP contribution in [-0.2, 0) is 14.3 Å². The molecule has 0 fully saturated rings. The molecule has 0 spiro atoms. The van der Waals surface area contributed by atoms with Crippen molar-refractivity contribution in [2.45, 2.75) is 19.8 Å². The molecule has 23 heavy (non-hydrogen) atoms. The maximum Gasteiger partial charge on any atom is 0.307 e. The Morgan fingerprint density at radius 3 is 2.52 bits per heavy atom. The van der Waals surface area contributed by atoms with E-state index in [0.717, 1.165) is 0 Å². The van der Waals surface area contributed by atoms with Crippen molar-refractivity contribution in [1.82, 2.24) is 0 Å². The Balaban J connectivity index is 2.38. The van der Waals surface area contributed by atoms with E-state index in [1.54, 1.807) is 38.3 Å². The number of hydrogen-bond acceptors (Lipinski definition) is 6. The molecule has 0 aromatic heterocycles. The van der Waals surface area contributed by atoms with Gasteiger partial charge in [-0.25, -0.2) is 0 Å². The Labute approximate surface area is 134 Å². The summed E-state index contributed by atoms with van der Waals surface area (Å²) < 4.78 is 9.74. The second-order valence-electron chi connectivity index (χ2n) is 5.17. The molecular weight excluding hydrogens is 298 g/mol. The predicted molar refractivity (Wildman–Crippen MR) is 82.9 cm³/mol. The van der Waals surface area contributed by atoms with E-state index in [0.29, 0.717) is 17.1 Å². The number of nitriles is 1. The van der Waals surface area contributed by atoms with Gasteiger partial charge in [0.15, 0.2) is 0 Å². The lowest BCUT2D eigenvalue weighted by atomic mass is 9.77. The normalized spacial score (nSPS) is 20.0. The lowest BCUT2D eigenvalue weighted by molar-refractivity contribution is -0.144. The Bertz CT molecular complexity index is 690. The van der Waals surface area contributed by atoms with Crippen LogP contribution in [0.3, 0.4) is 0 Å². The number of esters is 1. The van der Waals surface area contributed by atoms with Gasteiger partial charge in [0, 0.05) is 0 Å². The summed E-state index contributed by atoms with van der Waals surface area (Å²) in [4.78, 5) is 24.5. The fourth-order valence-corrected chi connectivity index (χ4v) is 2.47. The second-order valence-corrected chi connectivity index (χ2v) is 5.17. The number of amides is 1. The van der Waals surface area contributed by atoms with E-state index in [4.69, 9.17) is 10.00 Å². The fraction of sp³-hybridized carbons (Fsp3) is 0.375. The summed E-state index contributed by atoms with van der Waals surface area (Å²) in [5.41, 5.74) is -0.313. The summed E-state index contributed by atoms with van der Waals surface area (Å²) in [5, 5.41) is 14.6. The molecular formula is C16H17N3O4. The molecule has 0 aliphatic carbocycles. The van der Waals surface area contributed by atoms with Gasteiger partial charge < -0.3 is 9.47 Å². The van der Waals surface area contributed by atoms with Crippen molar-refractivity contribution in [2.24, 2.45) is 10.5 Å². The van der Waals surface area contributed by atoms with Crippen LogP contribution >= 0.6 is 0 Å². The second kappa shape index (κ2) is 6.48. The lowest BCUT2D eigenvalue weighted by Gasteiger charge is -2.24. The van der Waals surface area contributed by atoms with Crippen LogP contribution < -0.4 is 9.75 Å². The summed E-state index contributed by atoms with van der Waals surface area (Å²) in [5.74, 6) is -0.314. The molecule has 1 aromatic rings. The third-order valence-corrected chi connectivity index (χ3v) is 3.92. The Kier molecular flexibility index (Phi) is 4.65. The minimum Gasteiger partial charge on any atom is -0.497 e. The molecule has 1 heterocycles. The number of hydrogen-bond donors (Lipinski definition) is 0. The van der Waals surface area contributed by atoms with Crippen LogP contribution in [0, 0.1) is 16.7 Å². The highest BCUT2D eigenvalue weighted by Crippen LogP contribution is 2.39. The molecule has 0 N–H and O–H groups in total. The van der Waals surface area contributed by atoms with Crippen LogP contribution in [0.25, 0.3) is 0 Å². The van der Waals surface area contributed by atoms with Crippen molar-refractivity contribution in [2.75, 3.05) is 19.2 Å². The number of anilines is 1. The Hall–Kier alpha value is -2.88. The lowest BCUT2D eigenvalue weighted by Crippen LogP contribution is -2.41. The predicted octanol–water partition coefficient (Wildman–Crippen LogP) is 1.88. The largest absolute Gasteiger partial charge is 0.497 e. The van der Waals surface area contributed by atoms with Gasteiger partial charge in [-0.05, 0) is 31.2 Å². The first-order chi connectivity index (χ1) is 11.0. The Morgan fingerprint density at radius 1 is 1.35 bits per heavy atom. The molecule has 0 radical (unpaired) electrons. The van der Waals surface area contributed by atoms with Crippen molar-refractivity contribution >= 4 is 23.3 Å². The van der Waals surface area contributed by atoms with E-state index in [1.807, 2.05) is 6.07 Å². The van der Waals surface area contributed by atoms with Crippen LogP contribution in [0.5, 0.6) is 5.75 Å². The first-order valence-corrected chi connectivity index (χ1v) is 6.96. The smallest absolute Gasteiger partial charge is 0.307 e. The van der Waals surface area contributed by atoms with Gasteiger partial charge in [-0.2, -0.15) is 15.4 Å². The molecule has 0 bridgehead atoms. The van der Waals surface area contributed by atoms with Crippen molar-refractivity contribution in [1.29, 1.82) is 5.26 Å². The van der Waals surface area contributed by atoms with E-state index in [1.165, 1.54) is 12.1 Å². The van der Waals surface area contributed by atoms with E-state index in [9.17, 15) is 9.59 Å². The van der Waals surface area contributed by atoms with Crippen LogP contribution in [0.4, 0.5) is 5.69 Å². The number of ether oxygens (including phenoxy) is 2. The number of methoxy groups -OCH3 is 2. The van der Waals surface area contributed by atoms with Gasteiger partial charge in [-0.3, -0.25) is 9.59 Å². The van der Waals surface area contributed by atoms with E-state index >= 15 is 0 Å². The van der Waals surface area contributed by atoms with Crippen molar-refractivity contribution in [3.8, 4) is 11.8 Å². The van der Waals surface area contributed by atoms with Crippen molar-refractivity contribution in [3.05, 3.63) is 24.3 Å². The molecule has 1 aromatic carbocycles. The highest BCUT2D eigenvalue weighted by atomic mass is 16.5. The minimum absolute atomic E-state index is 0.136. The number of carbonyl (C=O) groups is 2. The standard InChI is InChI=1S/C16H17N3O4/c1-11-16(8-9-17,10-14(20)23-3)15(21)19(18-11)12-4-6-13(22-2)7-5-12/h4-7H,8,10H2,1-3H3. The molecule has 2 rings (SSSR count). The van der Waals surface area contributed by atoms with Crippen LogP contribution in [0.1, 0.15) is 19.8 Å². The molecule has 1 amide bonds. The molecule has 1 aliphatic heterocycles. The maximum absolute atomic E-state index is 12.9. The number of rotatable bonds is 5. The van der Waals surface area contributed by atoms with Crippen LogP contribution in [-0.4, -0.2) is 31.8 Å². The van der Waals surface area contributed by atoms with Crippen LogP contribution in [0.15, 0.2) is 29.4 Å². The van der Waals surface area contributed by atoms with Gasteiger partial charge in [0.05, 0.1) is 44.5 Å². The third-order valence-electron chi connectivity index (χ3n) is 3.92. The summed E-state index contributed by atoms with van der Waals surface area (Å²) in [6.45, 7) is 1.64. The highest BCUT2D eigenvalue weighted by molar-refractivity contribution is 6.20. The van der Waals surface area contributed by atoms with Crippen molar-refractivity contribution < 1.29 is 19.1 Å². The molecule has 1 atom stereocenters. The SMILES string of the molecule is COC(=O)CC1(CC#N)C(=O)N(c2ccc(OC)cc2)N=C1C. The van der Waals surface area contributed by atoms with E-state index in [-0.39, 0.29) is 12.8 Å². The molecule has 120 valence electrons. The zero-order valence-corrected chi connectivity index (χ0v) is 13.2. The topological polar surface area (TPSA) is 92.0 Å². The average Bonchev–Trinajstić information content (AvgIpc) is 2.80. The molecule has 0 saturated carbocycles. The number of nitrogens with zero attached hydrogens (tertiary/aromatic N) is 3. The number of hydrazone groups is 1. The summed E-state index contributed by atoms with van der Waals surface area (Å²) in [6.07, 6.45) is -0.346. The van der Waals surface area contributed by atoms with Gasteiger partial charge in [0.2, 0.25) is 0 Å². The van der Waals surface area contributed by atoms with Crippen molar-refractivity contribution in [3.63, 3.8) is 0 Å². The van der Waals surface area contributed by atoms with Gasteiger partial charge in [-0.15, -0.1) is 0 Å². The van der Waals surface area contributed by atoms with E-state index < -0.39 is 17.3 Å². The molecule has 7 heteroatoms. The average molecular weight is 315 g/mol. The zero-order chi connectivity index (χ0) is 17.0. The summed E-state index contributed by atoms with van der Waals surface area (Å²) in [7, 11) is 2.79. The summed E-state index contributed by atoms with van der Waals surface area (Å²) in [6, 6.07) is 8.76. The number of benzene rings is 1. The van der Waals surface area contributed by atoms with Gasteiger partial charge in [0.25, 0.3) is 5.91 Å². The first kappa shape index (κ1) is 16.5. The minimum atomic E-state index is -1.28. The van der Waals surface area contributed by atoms with Gasteiger partial charge in [0.1, 0.15) is 11.2 Å².